The number of carbonyl (C=O) groups is 1. The second-order valence-corrected chi connectivity index (χ2v) is 7.85. The number of aliphatic hydroxyl groups is 1. The summed E-state index contributed by atoms with van der Waals surface area (Å²) in [7, 11) is 0. The number of aliphatic hydroxyl groups excluding tert-OH is 1. The van der Waals surface area contributed by atoms with Gasteiger partial charge in [0.2, 0.25) is 0 Å². The number of hydrogen-bond acceptors (Lipinski definition) is 5. The minimum atomic E-state index is -0.402. The molecule has 0 aromatic carbocycles. The number of fused-ring (bicyclic) bond motifs is 1. The summed E-state index contributed by atoms with van der Waals surface area (Å²) in [6.45, 7) is 5.53. The van der Waals surface area contributed by atoms with Crippen molar-refractivity contribution in [2.24, 2.45) is 16.7 Å². The summed E-state index contributed by atoms with van der Waals surface area (Å²) in [5.74, 6) is -0.00844. The van der Waals surface area contributed by atoms with Crippen LogP contribution in [-0.4, -0.2) is 51.8 Å². The van der Waals surface area contributed by atoms with E-state index in [1.807, 2.05) is 6.26 Å². The molecular formula is C15H21N3O3S. The summed E-state index contributed by atoms with van der Waals surface area (Å²) < 4.78 is 0. The molecule has 2 fully saturated rings. The van der Waals surface area contributed by atoms with Crippen LogP contribution in [0.3, 0.4) is 0 Å². The number of hydrogen-bond donors (Lipinski definition) is 2. The first kappa shape index (κ1) is 15.6. The van der Waals surface area contributed by atoms with Crippen LogP contribution in [0.4, 0.5) is 0 Å². The summed E-state index contributed by atoms with van der Waals surface area (Å²) in [4.78, 5) is 33.1. The lowest BCUT2D eigenvalue weighted by Crippen LogP contribution is -2.54. The molecule has 2 N–H and O–H groups in total. The monoisotopic (exact) mass is 323 g/mol. The molecule has 120 valence electrons. The highest BCUT2D eigenvalue weighted by molar-refractivity contribution is 7.98. The van der Waals surface area contributed by atoms with Crippen LogP contribution in [0.1, 0.15) is 30.6 Å². The number of H-pyrrole nitrogens is 1. The molecule has 2 atom stereocenters. The van der Waals surface area contributed by atoms with Gasteiger partial charge in [0, 0.05) is 24.7 Å². The Bertz CT molecular complexity index is 672. The van der Waals surface area contributed by atoms with Crippen LogP contribution in [0.5, 0.6) is 0 Å². The molecule has 2 heterocycles. The third kappa shape index (κ3) is 2.18. The van der Waals surface area contributed by atoms with Crippen molar-refractivity contribution in [2.75, 3.05) is 26.0 Å². The van der Waals surface area contributed by atoms with Gasteiger partial charge in [0.15, 0.2) is 5.16 Å². The molecule has 3 rings (SSSR count). The van der Waals surface area contributed by atoms with Crippen LogP contribution in [-0.2, 0) is 0 Å². The second kappa shape index (κ2) is 5.09. The molecule has 1 aromatic rings. The maximum atomic E-state index is 12.6. The summed E-state index contributed by atoms with van der Waals surface area (Å²) in [5, 5.41) is 10.2. The molecule has 1 saturated heterocycles. The first-order valence-electron chi connectivity index (χ1n) is 7.36. The third-order valence-corrected chi connectivity index (χ3v) is 5.79. The Morgan fingerprint density at radius 1 is 1.59 bits per heavy atom. The second-order valence-electron chi connectivity index (χ2n) is 7.06. The molecule has 1 amide bonds. The van der Waals surface area contributed by atoms with Crippen LogP contribution in [0.2, 0.25) is 0 Å². The Balaban J connectivity index is 1.84. The topological polar surface area (TPSA) is 86.3 Å². The zero-order chi connectivity index (χ0) is 16.1. The molecule has 1 saturated carbocycles. The number of aromatic nitrogens is 2. The minimum Gasteiger partial charge on any atom is -0.396 e. The standard InChI is InChI=1S/C15H21N3O3S/c1-14(2)6-15(8-19)7-18(5-10(14)15)12(21)9-4-16-13(22-3)17-11(9)20/h4,10,19H,5-8H2,1-3H3,(H,16,17,20)/t10-,15-/m1/s1. The SMILES string of the molecule is CSc1ncc(C(=O)N2C[C@@H]3C(C)(C)C[C@]3(CO)C2)c(=O)[nH]1. The summed E-state index contributed by atoms with van der Waals surface area (Å²) in [6, 6.07) is 0. The first-order chi connectivity index (χ1) is 10.3. The molecule has 0 unspecified atom stereocenters. The molecule has 1 aliphatic carbocycles. The fourth-order valence-electron chi connectivity index (χ4n) is 4.30. The van der Waals surface area contributed by atoms with E-state index in [2.05, 4.69) is 23.8 Å². The third-order valence-electron chi connectivity index (χ3n) is 5.20. The van der Waals surface area contributed by atoms with Gasteiger partial charge in [0.05, 0.1) is 6.61 Å². The molecule has 7 heteroatoms. The molecule has 0 bridgehead atoms. The Morgan fingerprint density at radius 2 is 2.32 bits per heavy atom. The average Bonchev–Trinajstić information content (AvgIpc) is 2.82. The van der Waals surface area contributed by atoms with E-state index in [4.69, 9.17) is 0 Å². The normalized spacial score (nSPS) is 29.1. The van der Waals surface area contributed by atoms with Crippen LogP contribution in [0.25, 0.3) is 0 Å². The molecular weight excluding hydrogens is 302 g/mol. The van der Waals surface area contributed by atoms with E-state index in [1.54, 1.807) is 4.90 Å². The van der Waals surface area contributed by atoms with E-state index in [0.717, 1.165) is 6.42 Å². The van der Waals surface area contributed by atoms with Crippen LogP contribution < -0.4 is 5.56 Å². The lowest BCUT2D eigenvalue weighted by atomic mass is 9.48. The lowest BCUT2D eigenvalue weighted by molar-refractivity contribution is -0.0977. The number of aromatic amines is 1. The summed E-state index contributed by atoms with van der Waals surface area (Å²) in [5.41, 5.74) is -0.394. The number of nitrogens with zero attached hydrogens (tertiary/aromatic N) is 2. The fourth-order valence-corrected chi connectivity index (χ4v) is 4.65. The highest BCUT2D eigenvalue weighted by atomic mass is 32.2. The average molecular weight is 323 g/mol. The number of rotatable bonds is 3. The predicted octanol–water partition coefficient (Wildman–Crippen LogP) is 0.972. The maximum absolute atomic E-state index is 12.6. The van der Waals surface area contributed by atoms with Crippen molar-refractivity contribution >= 4 is 17.7 Å². The Hall–Kier alpha value is -1.34. The molecule has 6 nitrogen and oxygen atoms in total. The van der Waals surface area contributed by atoms with Gasteiger partial charge in [-0.1, -0.05) is 25.6 Å². The molecule has 0 radical (unpaired) electrons. The van der Waals surface area contributed by atoms with Crippen molar-refractivity contribution in [3.05, 3.63) is 22.1 Å². The van der Waals surface area contributed by atoms with Gasteiger partial charge < -0.3 is 15.0 Å². The van der Waals surface area contributed by atoms with Crippen molar-refractivity contribution in [3.8, 4) is 0 Å². The fraction of sp³-hybridized carbons (Fsp3) is 0.667. The quantitative estimate of drug-likeness (QED) is 0.639. The number of nitrogens with one attached hydrogen (secondary N) is 1. The van der Waals surface area contributed by atoms with Crippen LogP contribution in [0, 0.1) is 16.7 Å². The summed E-state index contributed by atoms with van der Waals surface area (Å²) >= 11 is 1.32. The largest absolute Gasteiger partial charge is 0.396 e. The Kier molecular flexibility index (Phi) is 3.60. The van der Waals surface area contributed by atoms with Gasteiger partial charge in [-0.05, 0) is 24.0 Å². The highest BCUT2D eigenvalue weighted by Crippen LogP contribution is 2.62. The highest BCUT2D eigenvalue weighted by Gasteiger charge is 2.63. The van der Waals surface area contributed by atoms with E-state index in [0.29, 0.717) is 18.2 Å². The van der Waals surface area contributed by atoms with Crippen molar-refractivity contribution in [1.82, 2.24) is 14.9 Å². The van der Waals surface area contributed by atoms with Gasteiger partial charge in [-0.25, -0.2) is 4.98 Å². The zero-order valence-corrected chi connectivity index (χ0v) is 13.9. The van der Waals surface area contributed by atoms with E-state index < -0.39 is 5.56 Å². The minimum absolute atomic E-state index is 0.0741. The van der Waals surface area contributed by atoms with Crippen LogP contribution >= 0.6 is 11.8 Å². The molecule has 2 aliphatic rings. The summed E-state index contributed by atoms with van der Waals surface area (Å²) in [6.07, 6.45) is 4.07. The van der Waals surface area contributed by atoms with E-state index in [1.165, 1.54) is 18.0 Å². The van der Waals surface area contributed by atoms with Crippen molar-refractivity contribution in [1.29, 1.82) is 0 Å². The number of amides is 1. The van der Waals surface area contributed by atoms with Crippen LogP contribution in [0.15, 0.2) is 16.1 Å². The first-order valence-corrected chi connectivity index (χ1v) is 8.59. The van der Waals surface area contributed by atoms with Gasteiger partial charge in [-0.3, -0.25) is 9.59 Å². The van der Waals surface area contributed by atoms with Gasteiger partial charge >= 0.3 is 0 Å². The number of carbonyl (C=O) groups excluding carboxylic acids is 1. The molecule has 0 spiro atoms. The smallest absolute Gasteiger partial charge is 0.264 e. The molecule has 1 aliphatic heterocycles. The van der Waals surface area contributed by atoms with Gasteiger partial charge in [0.1, 0.15) is 5.56 Å². The maximum Gasteiger partial charge on any atom is 0.264 e. The van der Waals surface area contributed by atoms with E-state index in [-0.39, 0.29) is 34.8 Å². The van der Waals surface area contributed by atoms with Crippen molar-refractivity contribution < 1.29 is 9.90 Å². The van der Waals surface area contributed by atoms with Crippen molar-refractivity contribution in [2.45, 2.75) is 25.4 Å². The van der Waals surface area contributed by atoms with Crippen molar-refractivity contribution in [3.63, 3.8) is 0 Å². The van der Waals surface area contributed by atoms with Gasteiger partial charge in [-0.15, -0.1) is 0 Å². The molecule has 1 aromatic heterocycles. The lowest BCUT2D eigenvalue weighted by Gasteiger charge is -2.55. The number of likely N-dealkylation sites (tertiary alicyclic amines) is 1. The molecule has 22 heavy (non-hydrogen) atoms. The van der Waals surface area contributed by atoms with Gasteiger partial charge in [-0.2, -0.15) is 0 Å². The number of thioether (sulfide) groups is 1. The Morgan fingerprint density at radius 3 is 2.82 bits per heavy atom. The van der Waals surface area contributed by atoms with Gasteiger partial charge in [0.25, 0.3) is 11.5 Å². The Labute approximate surface area is 133 Å². The zero-order valence-electron chi connectivity index (χ0n) is 13.0. The van der Waals surface area contributed by atoms with E-state index in [9.17, 15) is 14.7 Å². The van der Waals surface area contributed by atoms with E-state index >= 15 is 0 Å². The predicted molar refractivity (Wildman–Crippen MR) is 83.9 cm³/mol.